The Kier molecular flexibility index (Phi) is 7.31. The number of nitrogens with one attached hydrogen (secondary N) is 1. The lowest BCUT2D eigenvalue weighted by atomic mass is 9.97. The van der Waals surface area contributed by atoms with E-state index in [-0.39, 0.29) is 6.03 Å². The molecule has 1 N–H and O–H groups in total. The normalized spacial score (nSPS) is 17.1. The Morgan fingerprint density at radius 2 is 1.93 bits per heavy atom. The summed E-state index contributed by atoms with van der Waals surface area (Å²) in [5, 5.41) is 2.96. The third-order valence-corrected chi connectivity index (χ3v) is 5.40. The smallest absolute Gasteiger partial charge is 0.321 e. The van der Waals surface area contributed by atoms with E-state index < -0.39 is 0 Å². The number of para-hydroxylation sites is 2. The fourth-order valence-electron chi connectivity index (χ4n) is 3.90. The number of ether oxygens (including phenoxy) is 1. The predicted molar refractivity (Wildman–Crippen MR) is 114 cm³/mol. The number of likely N-dealkylation sites (tertiary alicyclic amines) is 1. The summed E-state index contributed by atoms with van der Waals surface area (Å²) in [6.07, 6.45) is 3.35. The summed E-state index contributed by atoms with van der Waals surface area (Å²) in [6.45, 7) is 3.98. The van der Waals surface area contributed by atoms with Gasteiger partial charge in [-0.1, -0.05) is 36.4 Å². The van der Waals surface area contributed by atoms with Crippen molar-refractivity contribution in [1.29, 1.82) is 0 Å². The summed E-state index contributed by atoms with van der Waals surface area (Å²) in [5.74, 6) is 1.48. The standard InChI is InChI=1S/C23H31N3O2/c1-25(23(27)24-21-11-4-3-5-12-21)17-19-9-8-15-26(18-19)16-14-20-10-6-7-13-22(20)28-2/h3-7,10-13,19H,8-9,14-18H2,1-2H3,(H,24,27)/t19-/m1/s1. The van der Waals surface area contributed by atoms with Gasteiger partial charge in [0.05, 0.1) is 7.11 Å². The highest BCUT2D eigenvalue weighted by molar-refractivity contribution is 5.89. The molecule has 0 saturated carbocycles. The van der Waals surface area contributed by atoms with Crippen molar-refractivity contribution in [1.82, 2.24) is 9.80 Å². The molecule has 3 rings (SSSR count). The summed E-state index contributed by atoms with van der Waals surface area (Å²) >= 11 is 0. The average molecular weight is 382 g/mol. The summed E-state index contributed by atoms with van der Waals surface area (Å²) in [7, 11) is 3.61. The van der Waals surface area contributed by atoms with Crippen LogP contribution < -0.4 is 10.1 Å². The van der Waals surface area contributed by atoms with Crippen molar-refractivity contribution in [3.63, 3.8) is 0 Å². The molecule has 2 aromatic carbocycles. The van der Waals surface area contributed by atoms with Crippen molar-refractivity contribution in [2.24, 2.45) is 5.92 Å². The van der Waals surface area contributed by atoms with Gasteiger partial charge in [-0.3, -0.25) is 0 Å². The first-order valence-corrected chi connectivity index (χ1v) is 10.1. The van der Waals surface area contributed by atoms with Crippen molar-refractivity contribution in [2.75, 3.05) is 45.7 Å². The molecule has 150 valence electrons. The molecular formula is C23H31N3O2. The van der Waals surface area contributed by atoms with Crippen LogP contribution in [0.5, 0.6) is 5.75 Å². The molecule has 28 heavy (non-hydrogen) atoms. The van der Waals surface area contributed by atoms with Crippen LogP contribution in [0.1, 0.15) is 18.4 Å². The minimum Gasteiger partial charge on any atom is -0.496 e. The Morgan fingerprint density at radius 3 is 2.71 bits per heavy atom. The lowest BCUT2D eigenvalue weighted by Crippen LogP contribution is -2.43. The second kappa shape index (κ2) is 10.1. The van der Waals surface area contributed by atoms with Gasteiger partial charge in [0, 0.05) is 32.4 Å². The fraction of sp³-hybridized carbons (Fsp3) is 0.435. The van der Waals surface area contributed by atoms with E-state index >= 15 is 0 Å². The summed E-state index contributed by atoms with van der Waals surface area (Å²) in [6, 6.07) is 17.8. The maximum Gasteiger partial charge on any atom is 0.321 e. The lowest BCUT2D eigenvalue weighted by Gasteiger charge is -2.34. The molecule has 2 aromatic rings. The van der Waals surface area contributed by atoms with Crippen LogP contribution in [0.2, 0.25) is 0 Å². The molecule has 0 unspecified atom stereocenters. The molecule has 0 radical (unpaired) electrons. The van der Waals surface area contributed by atoms with E-state index in [0.717, 1.165) is 44.0 Å². The van der Waals surface area contributed by atoms with Crippen LogP contribution in [-0.2, 0) is 6.42 Å². The third-order valence-electron chi connectivity index (χ3n) is 5.40. The lowest BCUT2D eigenvalue weighted by molar-refractivity contribution is 0.150. The molecule has 0 aromatic heterocycles. The van der Waals surface area contributed by atoms with Crippen LogP contribution in [0.3, 0.4) is 0 Å². The van der Waals surface area contributed by atoms with Gasteiger partial charge in [-0.2, -0.15) is 0 Å². The quantitative estimate of drug-likeness (QED) is 0.785. The van der Waals surface area contributed by atoms with Gasteiger partial charge >= 0.3 is 6.03 Å². The number of carbonyl (C=O) groups excluding carboxylic acids is 1. The summed E-state index contributed by atoms with van der Waals surface area (Å²) < 4.78 is 5.46. The van der Waals surface area contributed by atoms with Gasteiger partial charge in [0.2, 0.25) is 0 Å². The van der Waals surface area contributed by atoms with Gasteiger partial charge in [0.15, 0.2) is 0 Å². The molecule has 1 saturated heterocycles. The molecule has 5 heteroatoms. The third kappa shape index (κ3) is 5.73. The number of urea groups is 1. The van der Waals surface area contributed by atoms with Gasteiger partial charge in [-0.05, 0) is 55.5 Å². The topological polar surface area (TPSA) is 44.8 Å². The number of amides is 2. The van der Waals surface area contributed by atoms with Crippen LogP contribution in [0.4, 0.5) is 10.5 Å². The first-order valence-electron chi connectivity index (χ1n) is 10.1. The van der Waals surface area contributed by atoms with Gasteiger partial charge in [0.25, 0.3) is 0 Å². The zero-order chi connectivity index (χ0) is 19.8. The van der Waals surface area contributed by atoms with E-state index in [1.165, 1.54) is 18.4 Å². The summed E-state index contributed by atoms with van der Waals surface area (Å²) in [5.41, 5.74) is 2.09. The van der Waals surface area contributed by atoms with Gasteiger partial charge in [0.1, 0.15) is 5.75 Å². The van der Waals surface area contributed by atoms with E-state index in [0.29, 0.717) is 5.92 Å². The fourth-order valence-corrected chi connectivity index (χ4v) is 3.90. The number of benzene rings is 2. The Hall–Kier alpha value is -2.53. The SMILES string of the molecule is COc1ccccc1CCN1CCC[C@H](CN(C)C(=O)Nc2ccccc2)C1. The van der Waals surface area contributed by atoms with Gasteiger partial charge in [-0.15, -0.1) is 0 Å². The monoisotopic (exact) mass is 381 g/mol. The molecule has 5 nitrogen and oxygen atoms in total. The molecule has 2 amide bonds. The Morgan fingerprint density at radius 1 is 1.18 bits per heavy atom. The highest BCUT2D eigenvalue weighted by Gasteiger charge is 2.22. The highest BCUT2D eigenvalue weighted by atomic mass is 16.5. The van der Waals surface area contributed by atoms with Crippen molar-refractivity contribution < 1.29 is 9.53 Å². The van der Waals surface area contributed by atoms with Crippen molar-refractivity contribution >= 4 is 11.7 Å². The van der Waals surface area contributed by atoms with E-state index in [4.69, 9.17) is 4.74 Å². The van der Waals surface area contributed by atoms with Crippen LogP contribution in [-0.4, -0.2) is 56.2 Å². The number of methoxy groups -OCH3 is 1. The van der Waals surface area contributed by atoms with Gasteiger partial charge in [-0.25, -0.2) is 4.79 Å². The van der Waals surface area contributed by atoms with Crippen LogP contribution in [0, 0.1) is 5.92 Å². The predicted octanol–water partition coefficient (Wildman–Crippen LogP) is 4.11. The second-order valence-corrected chi connectivity index (χ2v) is 7.55. The number of rotatable bonds is 7. The Labute approximate surface area is 168 Å². The maximum atomic E-state index is 12.4. The number of piperidine rings is 1. The number of nitrogens with zero attached hydrogens (tertiary/aromatic N) is 2. The molecule has 1 aliphatic heterocycles. The van der Waals surface area contributed by atoms with Crippen molar-refractivity contribution in [3.05, 3.63) is 60.2 Å². The number of carbonyl (C=O) groups is 1. The van der Waals surface area contributed by atoms with E-state index in [9.17, 15) is 4.79 Å². The number of hydrogen-bond donors (Lipinski definition) is 1. The Bertz CT molecular complexity index is 751. The molecule has 1 fully saturated rings. The second-order valence-electron chi connectivity index (χ2n) is 7.55. The van der Waals surface area contributed by atoms with E-state index in [1.807, 2.05) is 49.5 Å². The Balaban J connectivity index is 1.47. The highest BCUT2D eigenvalue weighted by Crippen LogP contribution is 2.21. The first-order chi connectivity index (χ1) is 13.7. The van der Waals surface area contributed by atoms with E-state index in [2.05, 4.69) is 22.3 Å². The molecule has 1 heterocycles. The molecule has 0 aliphatic carbocycles. The van der Waals surface area contributed by atoms with Crippen molar-refractivity contribution in [2.45, 2.75) is 19.3 Å². The van der Waals surface area contributed by atoms with Crippen LogP contribution in [0.25, 0.3) is 0 Å². The first kappa shape index (κ1) is 20.2. The number of hydrogen-bond acceptors (Lipinski definition) is 3. The van der Waals surface area contributed by atoms with Gasteiger partial charge < -0.3 is 19.9 Å². The molecule has 1 atom stereocenters. The molecular weight excluding hydrogens is 350 g/mol. The molecule has 0 bridgehead atoms. The minimum atomic E-state index is -0.0441. The van der Waals surface area contributed by atoms with Crippen LogP contribution >= 0.6 is 0 Å². The zero-order valence-electron chi connectivity index (χ0n) is 16.9. The minimum absolute atomic E-state index is 0.0441. The maximum absolute atomic E-state index is 12.4. The summed E-state index contributed by atoms with van der Waals surface area (Å²) in [4.78, 5) is 16.8. The van der Waals surface area contributed by atoms with Crippen LogP contribution in [0.15, 0.2) is 54.6 Å². The molecule has 1 aliphatic rings. The molecule has 0 spiro atoms. The zero-order valence-corrected chi connectivity index (χ0v) is 16.9. The average Bonchev–Trinajstić information content (AvgIpc) is 2.73. The number of anilines is 1. The largest absolute Gasteiger partial charge is 0.496 e. The van der Waals surface area contributed by atoms with Crippen molar-refractivity contribution in [3.8, 4) is 5.75 Å². The van der Waals surface area contributed by atoms with E-state index in [1.54, 1.807) is 12.0 Å².